The van der Waals surface area contributed by atoms with Gasteiger partial charge in [0.2, 0.25) is 15.9 Å². The second kappa shape index (κ2) is 8.13. The molecule has 0 saturated heterocycles. The summed E-state index contributed by atoms with van der Waals surface area (Å²) in [7, 11) is -3.33. The average Bonchev–Trinajstić information content (AvgIpc) is 2.60. The van der Waals surface area contributed by atoms with Crippen molar-refractivity contribution in [3.05, 3.63) is 64.7 Å². The zero-order valence-corrected chi connectivity index (χ0v) is 16.6. The van der Waals surface area contributed by atoms with Crippen LogP contribution in [-0.4, -0.2) is 20.6 Å². The van der Waals surface area contributed by atoms with Crippen LogP contribution in [0, 0.1) is 0 Å². The van der Waals surface area contributed by atoms with Gasteiger partial charge >= 0.3 is 0 Å². The zero-order chi connectivity index (χ0) is 19.4. The van der Waals surface area contributed by atoms with E-state index in [1.54, 1.807) is 18.2 Å². The normalized spacial score (nSPS) is 14.9. The lowest BCUT2D eigenvalue weighted by Gasteiger charge is -2.18. The molecule has 0 aromatic heterocycles. The first-order valence-electron chi connectivity index (χ1n) is 9.28. The van der Waals surface area contributed by atoms with Gasteiger partial charge < -0.3 is 5.32 Å². The van der Waals surface area contributed by atoms with Gasteiger partial charge in [-0.2, -0.15) is 0 Å². The highest BCUT2D eigenvalue weighted by Gasteiger charge is 2.14. The van der Waals surface area contributed by atoms with Gasteiger partial charge in [-0.25, -0.2) is 8.42 Å². The Kier molecular flexibility index (Phi) is 5.85. The van der Waals surface area contributed by atoms with Gasteiger partial charge in [0.05, 0.1) is 18.7 Å². The second-order valence-electron chi connectivity index (χ2n) is 7.28. The number of hydrogen-bond acceptors (Lipinski definition) is 3. The van der Waals surface area contributed by atoms with E-state index in [1.165, 1.54) is 24.0 Å². The molecule has 2 aromatic carbocycles. The van der Waals surface area contributed by atoms with Crippen LogP contribution in [0.2, 0.25) is 0 Å². The summed E-state index contributed by atoms with van der Waals surface area (Å²) in [5.41, 5.74) is 5.16. The molecule has 144 valence electrons. The number of amides is 1. The number of benzene rings is 2. The van der Waals surface area contributed by atoms with Gasteiger partial charge in [0.1, 0.15) is 0 Å². The summed E-state index contributed by atoms with van der Waals surface area (Å²) >= 11 is 0. The smallest absolute Gasteiger partial charge is 0.229 e. The Bertz CT molecular complexity index is 938. The first-order chi connectivity index (χ1) is 12.8. The summed E-state index contributed by atoms with van der Waals surface area (Å²) < 4.78 is 25.2. The summed E-state index contributed by atoms with van der Waals surface area (Å²) in [4.78, 5) is 12.5. The Balaban J connectivity index is 1.63. The molecule has 5 nitrogen and oxygen atoms in total. The third kappa shape index (κ3) is 5.57. The highest BCUT2D eigenvalue weighted by Crippen LogP contribution is 2.23. The lowest BCUT2D eigenvalue weighted by molar-refractivity contribution is -0.121. The molecule has 1 amide bonds. The van der Waals surface area contributed by atoms with Crippen LogP contribution < -0.4 is 10.0 Å². The molecule has 0 aliphatic heterocycles. The summed E-state index contributed by atoms with van der Waals surface area (Å²) in [6, 6.07) is 13.2. The fourth-order valence-corrected chi connectivity index (χ4v) is 4.10. The van der Waals surface area contributed by atoms with Crippen LogP contribution >= 0.6 is 0 Å². The van der Waals surface area contributed by atoms with Crippen LogP contribution in [0.4, 0.5) is 5.69 Å². The van der Waals surface area contributed by atoms with E-state index < -0.39 is 10.0 Å². The maximum atomic E-state index is 12.5. The molecule has 2 aromatic rings. The first kappa shape index (κ1) is 19.4. The van der Waals surface area contributed by atoms with E-state index in [2.05, 4.69) is 22.2 Å². The molecule has 1 atom stereocenters. The number of sulfonamides is 1. The largest absolute Gasteiger partial charge is 0.349 e. The van der Waals surface area contributed by atoms with Crippen molar-refractivity contribution in [2.75, 3.05) is 11.0 Å². The zero-order valence-electron chi connectivity index (χ0n) is 15.8. The lowest BCUT2D eigenvalue weighted by Crippen LogP contribution is -2.28. The molecule has 0 radical (unpaired) electrons. The molecule has 6 heteroatoms. The van der Waals surface area contributed by atoms with E-state index in [4.69, 9.17) is 0 Å². The summed E-state index contributed by atoms with van der Waals surface area (Å²) in [6.45, 7) is 1.89. The molecule has 27 heavy (non-hydrogen) atoms. The highest BCUT2D eigenvalue weighted by atomic mass is 32.2. The minimum Gasteiger partial charge on any atom is -0.349 e. The number of nitrogens with one attached hydrogen (secondary N) is 2. The van der Waals surface area contributed by atoms with Crippen LogP contribution in [0.1, 0.15) is 48.1 Å². The van der Waals surface area contributed by atoms with Crippen LogP contribution in [0.15, 0.2) is 42.5 Å². The van der Waals surface area contributed by atoms with Crippen molar-refractivity contribution in [3.63, 3.8) is 0 Å². The van der Waals surface area contributed by atoms with E-state index in [-0.39, 0.29) is 11.9 Å². The molecule has 0 saturated carbocycles. The van der Waals surface area contributed by atoms with Crippen LogP contribution in [0.25, 0.3) is 0 Å². The van der Waals surface area contributed by atoms with E-state index in [9.17, 15) is 13.2 Å². The third-order valence-electron chi connectivity index (χ3n) is 4.84. The van der Waals surface area contributed by atoms with E-state index in [0.717, 1.165) is 30.2 Å². The Morgan fingerprint density at radius 3 is 2.56 bits per heavy atom. The Morgan fingerprint density at radius 1 is 1.07 bits per heavy atom. The van der Waals surface area contributed by atoms with Crippen molar-refractivity contribution >= 4 is 21.6 Å². The lowest BCUT2D eigenvalue weighted by atomic mass is 9.90. The Labute approximate surface area is 161 Å². The molecule has 0 unspecified atom stereocenters. The van der Waals surface area contributed by atoms with Gasteiger partial charge in [-0.15, -0.1) is 0 Å². The van der Waals surface area contributed by atoms with Crippen molar-refractivity contribution in [2.45, 2.75) is 45.1 Å². The SMILES string of the molecule is C[C@H](NC(=O)Cc1ccc2c(c1)CCCC2)c1cccc(NS(C)(=O)=O)c1. The molecule has 0 spiro atoms. The minimum absolute atomic E-state index is 0.0419. The fraction of sp³-hybridized carbons (Fsp3) is 0.381. The number of carbonyl (C=O) groups is 1. The van der Waals surface area contributed by atoms with Gasteiger partial charge in [-0.1, -0.05) is 30.3 Å². The van der Waals surface area contributed by atoms with Gasteiger partial charge in [0, 0.05) is 5.69 Å². The summed E-state index contributed by atoms with van der Waals surface area (Å²) in [6.07, 6.45) is 6.16. The number of anilines is 1. The topological polar surface area (TPSA) is 75.3 Å². The number of fused-ring (bicyclic) bond motifs is 1. The molecule has 0 heterocycles. The van der Waals surface area contributed by atoms with Crippen molar-refractivity contribution in [1.29, 1.82) is 0 Å². The van der Waals surface area contributed by atoms with E-state index in [0.29, 0.717) is 12.1 Å². The average molecular weight is 387 g/mol. The van der Waals surface area contributed by atoms with E-state index >= 15 is 0 Å². The second-order valence-corrected chi connectivity index (χ2v) is 9.02. The Hall–Kier alpha value is -2.34. The van der Waals surface area contributed by atoms with Crippen molar-refractivity contribution in [2.24, 2.45) is 0 Å². The van der Waals surface area contributed by atoms with Crippen molar-refractivity contribution in [1.82, 2.24) is 5.32 Å². The van der Waals surface area contributed by atoms with Gasteiger partial charge in [0.15, 0.2) is 0 Å². The van der Waals surface area contributed by atoms with E-state index in [1.807, 2.05) is 19.1 Å². The summed E-state index contributed by atoms with van der Waals surface area (Å²) in [5.74, 6) is -0.0419. The van der Waals surface area contributed by atoms with Gasteiger partial charge in [-0.3, -0.25) is 9.52 Å². The number of hydrogen-bond donors (Lipinski definition) is 2. The number of rotatable bonds is 6. The fourth-order valence-electron chi connectivity index (χ4n) is 3.54. The van der Waals surface area contributed by atoms with Gasteiger partial charge in [0.25, 0.3) is 0 Å². The van der Waals surface area contributed by atoms with Crippen molar-refractivity contribution in [3.8, 4) is 0 Å². The Morgan fingerprint density at radius 2 is 1.81 bits per heavy atom. The monoisotopic (exact) mass is 386 g/mol. The molecule has 1 aliphatic carbocycles. The highest BCUT2D eigenvalue weighted by molar-refractivity contribution is 7.92. The van der Waals surface area contributed by atoms with Crippen LogP contribution in [0.3, 0.4) is 0 Å². The number of aryl methyl sites for hydroxylation is 2. The molecular weight excluding hydrogens is 360 g/mol. The standard InChI is InChI=1S/C21H26N2O3S/c1-15(18-8-5-9-20(14-18)23-27(2,25)26)22-21(24)13-16-10-11-17-6-3-4-7-19(17)12-16/h5,8-12,14-15,23H,3-4,6-7,13H2,1-2H3,(H,22,24)/t15-/m0/s1. The third-order valence-corrected chi connectivity index (χ3v) is 5.45. The quantitative estimate of drug-likeness (QED) is 0.799. The molecule has 3 rings (SSSR count). The minimum atomic E-state index is -3.33. The van der Waals surface area contributed by atoms with Gasteiger partial charge in [-0.05, 0) is 67.0 Å². The predicted molar refractivity (Wildman–Crippen MR) is 108 cm³/mol. The maximum Gasteiger partial charge on any atom is 0.229 e. The summed E-state index contributed by atoms with van der Waals surface area (Å²) in [5, 5.41) is 3.00. The molecular formula is C21H26N2O3S. The van der Waals surface area contributed by atoms with Crippen LogP contribution in [-0.2, 0) is 34.1 Å². The molecule has 0 fully saturated rings. The number of carbonyl (C=O) groups excluding carboxylic acids is 1. The van der Waals surface area contributed by atoms with Crippen LogP contribution in [0.5, 0.6) is 0 Å². The molecule has 2 N–H and O–H groups in total. The van der Waals surface area contributed by atoms with Crippen molar-refractivity contribution < 1.29 is 13.2 Å². The maximum absolute atomic E-state index is 12.5. The first-order valence-corrected chi connectivity index (χ1v) is 11.2. The molecule has 0 bridgehead atoms. The molecule has 1 aliphatic rings. The predicted octanol–water partition coefficient (Wildman–Crippen LogP) is 3.36.